The van der Waals surface area contributed by atoms with Crippen molar-refractivity contribution in [2.45, 2.75) is 6.42 Å². The predicted octanol–water partition coefficient (Wildman–Crippen LogP) is 2.72. The molecule has 0 aliphatic carbocycles. The molecule has 1 heterocycles. The first-order valence-corrected chi connectivity index (χ1v) is 6.60. The molecule has 1 aromatic heterocycles. The van der Waals surface area contributed by atoms with Crippen LogP contribution in [0.25, 0.3) is 0 Å². The Hall–Kier alpha value is -1.95. The molecule has 0 saturated heterocycles. The van der Waals surface area contributed by atoms with Gasteiger partial charge < -0.3 is 10.1 Å². The number of nitrogens with one attached hydrogen (secondary N) is 1. The van der Waals surface area contributed by atoms with Crippen molar-refractivity contribution in [2.75, 3.05) is 19.0 Å². The van der Waals surface area contributed by atoms with Crippen molar-refractivity contribution in [1.29, 1.82) is 0 Å². The van der Waals surface area contributed by atoms with Crippen LogP contribution in [0.3, 0.4) is 0 Å². The SMILES string of the molecule is COC(=O)c1csc(NCCc2ccccc2F)n1. The Morgan fingerprint density at radius 3 is 3.00 bits per heavy atom. The first kappa shape index (κ1) is 13.5. The summed E-state index contributed by atoms with van der Waals surface area (Å²) in [5.74, 6) is -0.669. The van der Waals surface area contributed by atoms with Crippen LogP contribution in [0.4, 0.5) is 9.52 Å². The Labute approximate surface area is 114 Å². The molecule has 100 valence electrons. The summed E-state index contributed by atoms with van der Waals surface area (Å²) in [6.07, 6.45) is 0.555. The smallest absolute Gasteiger partial charge is 0.357 e. The van der Waals surface area contributed by atoms with Crippen LogP contribution in [0.5, 0.6) is 0 Å². The van der Waals surface area contributed by atoms with Crippen LogP contribution in [0.15, 0.2) is 29.6 Å². The van der Waals surface area contributed by atoms with E-state index in [4.69, 9.17) is 0 Å². The normalized spacial score (nSPS) is 10.2. The van der Waals surface area contributed by atoms with Gasteiger partial charge in [-0.1, -0.05) is 18.2 Å². The third-order valence-corrected chi connectivity index (χ3v) is 3.33. The number of thiazole rings is 1. The molecular formula is C13H13FN2O2S. The molecule has 6 heteroatoms. The lowest BCUT2D eigenvalue weighted by molar-refractivity contribution is 0.0595. The van der Waals surface area contributed by atoms with Crippen molar-refractivity contribution in [3.63, 3.8) is 0 Å². The number of aromatic nitrogens is 1. The van der Waals surface area contributed by atoms with Gasteiger partial charge in [0.05, 0.1) is 7.11 Å². The van der Waals surface area contributed by atoms with Gasteiger partial charge in [0.2, 0.25) is 0 Å². The van der Waals surface area contributed by atoms with Crippen LogP contribution in [0.1, 0.15) is 16.1 Å². The van der Waals surface area contributed by atoms with E-state index in [0.29, 0.717) is 23.7 Å². The molecule has 2 rings (SSSR count). The standard InChI is InChI=1S/C13H13FN2O2S/c1-18-12(17)11-8-19-13(16-11)15-7-6-9-4-2-3-5-10(9)14/h2-5,8H,6-7H2,1H3,(H,15,16). The summed E-state index contributed by atoms with van der Waals surface area (Å²) < 4.78 is 17.9. The topological polar surface area (TPSA) is 51.2 Å². The maximum absolute atomic E-state index is 13.4. The van der Waals surface area contributed by atoms with Gasteiger partial charge in [-0.2, -0.15) is 0 Å². The lowest BCUT2D eigenvalue weighted by Crippen LogP contribution is -2.07. The molecule has 0 unspecified atom stereocenters. The minimum absolute atomic E-state index is 0.210. The number of carbonyl (C=O) groups excluding carboxylic acids is 1. The lowest BCUT2D eigenvalue weighted by Gasteiger charge is -2.03. The number of halogens is 1. The van der Waals surface area contributed by atoms with Gasteiger partial charge in [0.1, 0.15) is 5.82 Å². The second-order valence-electron chi connectivity index (χ2n) is 3.80. The first-order chi connectivity index (χ1) is 9.20. The molecule has 0 bridgehead atoms. The van der Waals surface area contributed by atoms with Crippen LogP contribution >= 0.6 is 11.3 Å². The van der Waals surface area contributed by atoms with E-state index in [-0.39, 0.29) is 11.5 Å². The largest absolute Gasteiger partial charge is 0.464 e. The minimum Gasteiger partial charge on any atom is -0.464 e. The van der Waals surface area contributed by atoms with Gasteiger partial charge in [0, 0.05) is 11.9 Å². The highest BCUT2D eigenvalue weighted by Crippen LogP contribution is 2.16. The summed E-state index contributed by atoms with van der Waals surface area (Å²) in [5, 5.41) is 5.30. The highest BCUT2D eigenvalue weighted by Gasteiger charge is 2.10. The number of ether oxygens (including phenoxy) is 1. The van der Waals surface area contributed by atoms with E-state index in [0.717, 1.165) is 0 Å². The minimum atomic E-state index is -0.460. The van der Waals surface area contributed by atoms with Crippen molar-refractivity contribution < 1.29 is 13.9 Å². The van der Waals surface area contributed by atoms with Crippen molar-refractivity contribution >= 4 is 22.4 Å². The molecule has 1 N–H and O–H groups in total. The maximum Gasteiger partial charge on any atom is 0.357 e. The second kappa shape index (κ2) is 6.29. The van der Waals surface area contributed by atoms with Gasteiger partial charge in [0.25, 0.3) is 0 Å². The van der Waals surface area contributed by atoms with Gasteiger partial charge in [0.15, 0.2) is 10.8 Å². The van der Waals surface area contributed by atoms with Crippen molar-refractivity contribution in [1.82, 2.24) is 4.98 Å². The Morgan fingerprint density at radius 2 is 2.26 bits per heavy atom. The molecule has 1 aromatic carbocycles. The number of methoxy groups -OCH3 is 1. The van der Waals surface area contributed by atoms with Gasteiger partial charge >= 0.3 is 5.97 Å². The second-order valence-corrected chi connectivity index (χ2v) is 4.66. The summed E-state index contributed by atoms with van der Waals surface area (Å²) in [4.78, 5) is 15.3. The molecule has 0 fully saturated rings. The van der Waals surface area contributed by atoms with Gasteiger partial charge in [-0.15, -0.1) is 11.3 Å². The fraction of sp³-hybridized carbons (Fsp3) is 0.231. The molecular weight excluding hydrogens is 267 g/mol. The zero-order valence-electron chi connectivity index (χ0n) is 10.4. The number of esters is 1. The molecule has 19 heavy (non-hydrogen) atoms. The van der Waals surface area contributed by atoms with E-state index in [2.05, 4.69) is 15.0 Å². The van der Waals surface area contributed by atoms with Crippen LogP contribution in [-0.4, -0.2) is 24.6 Å². The van der Waals surface area contributed by atoms with Crippen molar-refractivity contribution in [3.8, 4) is 0 Å². The van der Waals surface area contributed by atoms with Gasteiger partial charge in [-0.3, -0.25) is 0 Å². The van der Waals surface area contributed by atoms with E-state index >= 15 is 0 Å². The van der Waals surface area contributed by atoms with Crippen LogP contribution in [0.2, 0.25) is 0 Å². The summed E-state index contributed by atoms with van der Waals surface area (Å²) in [5.41, 5.74) is 0.931. The molecule has 0 spiro atoms. The summed E-state index contributed by atoms with van der Waals surface area (Å²) in [7, 11) is 1.31. The molecule has 0 saturated carbocycles. The maximum atomic E-state index is 13.4. The van der Waals surface area contributed by atoms with Gasteiger partial charge in [-0.05, 0) is 18.1 Å². The van der Waals surface area contributed by atoms with Gasteiger partial charge in [-0.25, -0.2) is 14.2 Å². The highest BCUT2D eigenvalue weighted by atomic mass is 32.1. The first-order valence-electron chi connectivity index (χ1n) is 5.72. The molecule has 0 amide bonds. The van der Waals surface area contributed by atoms with Crippen molar-refractivity contribution in [3.05, 3.63) is 46.7 Å². The molecule has 0 aliphatic heterocycles. The Kier molecular flexibility index (Phi) is 4.46. The fourth-order valence-corrected chi connectivity index (χ4v) is 2.27. The zero-order chi connectivity index (χ0) is 13.7. The van der Waals surface area contributed by atoms with E-state index in [1.54, 1.807) is 23.6 Å². The molecule has 4 nitrogen and oxygen atoms in total. The number of carbonyl (C=O) groups is 1. The molecule has 0 atom stereocenters. The summed E-state index contributed by atoms with van der Waals surface area (Å²) in [6, 6.07) is 6.65. The van der Waals surface area contributed by atoms with E-state index < -0.39 is 5.97 Å². The Bertz CT molecular complexity index is 571. The van der Waals surface area contributed by atoms with E-state index in [1.165, 1.54) is 24.5 Å². The average Bonchev–Trinajstić information content (AvgIpc) is 2.89. The Balaban J connectivity index is 1.88. The van der Waals surface area contributed by atoms with E-state index in [1.807, 2.05) is 0 Å². The molecule has 0 aliphatic rings. The number of hydrogen-bond donors (Lipinski definition) is 1. The number of anilines is 1. The zero-order valence-corrected chi connectivity index (χ0v) is 11.2. The van der Waals surface area contributed by atoms with E-state index in [9.17, 15) is 9.18 Å². The van der Waals surface area contributed by atoms with Crippen molar-refractivity contribution in [2.24, 2.45) is 0 Å². The fourth-order valence-electron chi connectivity index (χ4n) is 1.56. The molecule has 0 radical (unpaired) electrons. The average molecular weight is 280 g/mol. The monoisotopic (exact) mass is 280 g/mol. The van der Waals surface area contributed by atoms with Crippen LogP contribution in [0, 0.1) is 5.82 Å². The number of benzene rings is 1. The third kappa shape index (κ3) is 3.51. The predicted molar refractivity (Wildman–Crippen MR) is 72.0 cm³/mol. The summed E-state index contributed by atoms with van der Waals surface area (Å²) >= 11 is 1.32. The summed E-state index contributed by atoms with van der Waals surface area (Å²) in [6.45, 7) is 0.551. The van der Waals surface area contributed by atoms with Crippen LogP contribution in [-0.2, 0) is 11.2 Å². The molecule has 2 aromatic rings. The number of nitrogens with zero attached hydrogens (tertiary/aromatic N) is 1. The highest BCUT2D eigenvalue weighted by molar-refractivity contribution is 7.13. The number of hydrogen-bond acceptors (Lipinski definition) is 5. The lowest BCUT2D eigenvalue weighted by atomic mass is 10.1. The quantitative estimate of drug-likeness (QED) is 0.856. The van der Waals surface area contributed by atoms with Crippen LogP contribution < -0.4 is 5.32 Å². The third-order valence-electron chi connectivity index (χ3n) is 2.53. The Morgan fingerprint density at radius 1 is 1.47 bits per heavy atom. The number of rotatable bonds is 5.